The van der Waals surface area contributed by atoms with E-state index in [1.54, 1.807) is 0 Å². The number of halogens is 1. The number of amides is 1. The van der Waals surface area contributed by atoms with Crippen molar-refractivity contribution in [3.63, 3.8) is 0 Å². The Kier molecular flexibility index (Phi) is 3.89. The highest BCUT2D eigenvalue weighted by Crippen LogP contribution is 2.19. The van der Waals surface area contributed by atoms with Gasteiger partial charge in [-0.2, -0.15) is 0 Å². The second kappa shape index (κ2) is 5.40. The quantitative estimate of drug-likeness (QED) is 0.902. The molecule has 5 heteroatoms. The van der Waals surface area contributed by atoms with Gasteiger partial charge in [0.15, 0.2) is 0 Å². The minimum atomic E-state index is -0.810. The van der Waals surface area contributed by atoms with Gasteiger partial charge in [0.1, 0.15) is 0 Å². The average Bonchev–Trinajstić information content (AvgIpc) is 2.75. The van der Waals surface area contributed by atoms with E-state index in [0.29, 0.717) is 19.0 Å². The fourth-order valence-electron chi connectivity index (χ4n) is 2.03. The Hall–Kier alpha value is -1.23. The minimum absolute atomic E-state index is 0.407. The van der Waals surface area contributed by atoms with Crippen LogP contribution in [0.15, 0.2) is 28.7 Å². The van der Waals surface area contributed by atoms with Crippen LogP contribution in [0.5, 0.6) is 0 Å². The normalized spacial score (nSPS) is 19.4. The molecule has 1 aliphatic heterocycles. The van der Waals surface area contributed by atoms with Crippen molar-refractivity contribution in [3.8, 4) is 0 Å². The number of rotatable bonds is 3. The molecule has 0 bridgehead atoms. The first kappa shape index (κ1) is 12.2. The molecule has 4 nitrogen and oxygen atoms in total. The molecule has 1 aliphatic rings. The number of likely N-dealkylation sites (tertiary alicyclic amines) is 1. The Labute approximate surface area is 109 Å². The summed E-state index contributed by atoms with van der Waals surface area (Å²) in [6, 6.07) is 7.98. The molecule has 1 unspecified atom stereocenters. The third kappa shape index (κ3) is 3.36. The zero-order valence-electron chi connectivity index (χ0n) is 9.40. The first-order valence-electron chi connectivity index (χ1n) is 5.62. The Balaban J connectivity index is 1.82. The summed E-state index contributed by atoms with van der Waals surface area (Å²) in [6.45, 7) is 2.11. The SMILES string of the molecule is O=C(O)N1CCC(CNc2cccc(Br)c2)C1. The summed E-state index contributed by atoms with van der Waals surface area (Å²) >= 11 is 3.42. The van der Waals surface area contributed by atoms with E-state index in [1.807, 2.05) is 24.3 Å². The van der Waals surface area contributed by atoms with Gasteiger partial charge in [-0.15, -0.1) is 0 Å². The third-order valence-electron chi connectivity index (χ3n) is 2.98. The number of hydrogen-bond acceptors (Lipinski definition) is 2. The van der Waals surface area contributed by atoms with Gasteiger partial charge < -0.3 is 15.3 Å². The van der Waals surface area contributed by atoms with Crippen LogP contribution in [0.1, 0.15) is 6.42 Å². The monoisotopic (exact) mass is 298 g/mol. The number of hydrogen-bond donors (Lipinski definition) is 2. The molecule has 1 heterocycles. The van der Waals surface area contributed by atoms with Crippen molar-refractivity contribution in [2.45, 2.75) is 6.42 Å². The second-order valence-corrected chi connectivity index (χ2v) is 5.19. The van der Waals surface area contributed by atoms with Crippen molar-refractivity contribution in [1.82, 2.24) is 4.90 Å². The zero-order valence-corrected chi connectivity index (χ0v) is 11.0. The molecular formula is C12H15BrN2O2. The number of anilines is 1. The Bertz CT molecular complexity index is 411. The van der Waals surface area contributed by atoms with Crippen LogP contribution in [0.2, 0.25) is 0 Å². The molecule has 1 fully saturated rings. The fourth-order valence-corrected chi connectivity index (χ4v) is 2.43. The molecule has 2 rings (SSSR count). The predicted octanol–water partition coefficient (Wildman–Crippen LogP) is 2.86. The predicted molar refractivity (Wildman–Crippen MR) is 70.3 cm³/mol. The summed E-state index contributed by atoms with van der Waals surface area (Å²) in [4.78, 5) is 12.2. The lowest BCUT2D eigenvalue weighted by Crippen LogP contribution is -2.27. The molecule has 1 aromatic rings. The van der Waals surface area contributed by atoms with E-state index in [2.05, 4.69) is 21.2 Å². The Morgan fingerprint density at radius 1 is 1.59 bits per heavy atom. The number of nitrogens with zero attached hydrogens (tertiary/aromatic N) is 1. The van der Waals surface area contributed by atoms with E-state index in [-0.39, 0.29) is 0 Å². The van der Waals surface area contributed by atoms with Crippen LogP contribution in [-0.4, -0.2) is 35.7 Å². The summed E-state index contributed by atoms with van der Waals surface area (Å²) < 4.78 is 1.04. The second-order valence-electron chi connectivity index (χ2n) is 4.27. The molecule has 0 aromatic heterocycles. The molecule has 1 atom stereocenters. The number of carboxylic acid groups (broad SMARTS) is 1. The Morgan fingerprint density at radius 3 is 3.06 bits per heavy atom. The van der Waals surface area contributed by atoms with E-state index in [1.165, 1.54) is 4.90 Å². The molecule has 1 aromatic carbocycles. The molecule has 1 amide bonds. The van der Waals surface area contributed by atoms with E-state index in [4.69, 9.17) is 5.11 Å². The van der Waals surface area contributed by atoms with E-state index in [9.17, 15) is 4.79 Å². The summed E-state index contributed by atoms with van der Waals surface area (Å²) in [5.41, 5.74) is 1.06. The molecule has 92 valence electrons. The Morgan fingerprint density at radius 2 is 2.41 bits per heavy atom. The van der Waals surface area contributed by atoms with E-state index >= 15 is 0 Å². The number of carbonyl (C=O) groups is 1. The largest absolute Gasteiger partial charge is 0.465 e. The highest BCUT2D eigenvalue weighted by atomic mass is 79.9. The summed E-state index contributed by atoms with van der Waals surface area (Å²) in [5, 5.41) is 12.2. The van der Waals surface area contributed by atoms with Crippen molar-refractivity contribution in [1.29, 1.82) is 0 Å². The van der Waals surface area contributed by atoms with Gasteiger partial charge in [-0.05, 0) is 30.5 Å². The fraction of sp³-hybridized carbons (Fsp3) is 0.417. The van der Waals surface area contributed by atoms with E-state index < -0.39 is 6.09 Å². The number of nitrogens with one attached hydrogen (secondary N) is 1. The minimum Gasteiger partial charge on any atom is -0.465 e. The van der Waals surface area contributed by atoms with Crippen LogP contribution >= 0.6 is 15.9 Å². The molecular weight excluding hydrogens is 284 g/mol. The van der Waals surface area contributed by atoms with Crippen molar-refractivity contribution in [3.05, 3.63) is 28.7 Å². The summed E-state index contributed by atoms with van der Waals surface area (Å²) in [7, 11) is 0. The average molecular weight is 299 g/mol. The standard InChI is InChI=1S/C12H15BrN2O2/c13-10-2-1-3-11(6-10)14-7-9-4-5-15(8-9)12(16)17/h1-3,6,9,14H,4-5,7-8H2,(H,16,17). The lowest BCUT2D eigenvalue weighted by Gasteiger charge is -2.13. The van der Waals surface area contributed by atoms with Gasteiger partial charge in [0.05, 0.1) is 0 Å². The van der Waals surface area contributed by atoms with Gasteiger partial charge in [0, 0.05) is 29.8 Å². The van der Waals surface area contributed by atoms with Gasteiger partial charge in [-0.25, -0.2) is 4.79 Å². The summed E-state index contributed by atoms with van der Waals surface area (Å²) in [6.07, 6.45) is 0.128. The lowest BCUT2D eigenvalue weighted by molar-refractivity contribution is 0.154. The van der Waals surface area contributed by atoms with Crippen molar-refractivity contribution in [2.24, 2.45) is 5.92 Å². The van der Waals surface area contributed by atoms with Crippen LogP contribution < -0.4 is 5.32 Å². The number of benzene rings is 1. The highest BCUT2D eigenvalue weighted by molar-refractivity contribution is 9.10. The van der Waals surface area contributed by atoms with Crippen LogP contribution in [0, 0.1) is 5.92 Å². The lowest BCUT2D eigenvalue weighted by atomic mass is 10.1. The first-order chi connectivity index (χ1) is 8.15. The van der Waals surface area contributed by atoms with E-state index in [0.717, 1.165) is 23.1 Å². The van der Waals surface area contributed by atoms with Gasteiger partial charge in [0.2, 0.25) is 0 Å². The smallest absolute Gasteiger partial charge is 0.407 e. The van der Waals surface area contributed by atoms with Crippen LogP contribution in [0.3, 0.4) is 0 Å². The maximum atomic E-state index is 10.8. The maximum Gasteiger partial charge on any atom is 0.407 e. The van der Waals surface area contributed by atoms with Crippen molar-refractivity contribution in [2.75, 3.05) is 25.0 Å². The molecule has 0 saturated carbocycles. The van der Waals surface area contributed by atoms with Gasteiger partial charge in [-0.3, -0.25) is 0 Å². The third-order valence-corrected chi connectivity index (χ3v) is 3.47. The molecule has 17 heavy (non-hydrogen) atoms. The molecule has 2 N–H and O–H groups in total. The van der Waals surface area contributed by atoms with Crippen LogP contribution in [0.4, 0.5) is 10.5 Å². The van der Waals surface area contributed by atoms with Gasteiger partial charge in [0.25, 0.3) is 0 Å². The highest BCUT2D eigenvalue weighted by Gasteiger charge is 2.25. The van der Waals surface area contributed by atoms with Crippen molar-refractivity contribution < 1.29 is 9.90 Å². The topological polar surface area (TPSA) is 52.6 Å². The van der Waals surface area contributed by atoms with Crippen LogP contribution in [0.25, 0.3) is 0 Å². The first-order valence-corrected chi connectivity index (χ1v) is 6.42. The van der Waals surface area contributed by atoms with Gasteiger partial charge >= 0.3 is 6.09 Å². The molecule has 0 radical (unpaired) electrons. The summed E-state index contributed by atoms with van der Waals surface area (Å²) in [5.74, 6) is 0.407. The van der Waals surface area contributed by atoms with Crippen molar-refractivity contribution >= 4 is 27.7 Å². The molecule has 1 saturated heterocycles. The molecule has 0 aliphatic carbocycles. The molecule has 0 spiro atoms. The van der Waals surface area contributed by atoms with Gasteiger partial charge in [-0.1, -0.05) is 22.0 Å². The maximum absolute atomic E-state index is 10.8. The van der Waals surface area contributed by atoms with Crippen LogP contribution in [-0.2, 0) is 0 Å². The zero-order chi connectivity index (χ0) is 12.3.